The van der Waals surface area contributed by atoms with E-state index in [0.29, 0.717) is 13.1 Å². The van der Waals surface area contributed by atoms with Gasteiger partial charge in [-0.15, -0.1) is 0 Å². The van der Waals surface area contributed by atoms with Gasteiger partial charge in [0.1, 0.15) is 9.84 Å². The molecule has 0 aromatic carbocycles. The molecule has 5 heteroatoms. The number of rotatable bonds is 6. The third-order valence-corrected chi connectivity index (χ3v) is 7.05. The van der Waals surface area contributed by atoms with E-state index in [1.54, 1.807) is 0 Å². The van der Waals surface area contributed by atoms with E-state index in [-0.39, 0.29) is 17.3 Å². The van der Waals surface area contributed by atoms with Crippen LogP contribution in [-0.2, 0) is 9.84 Å². The van der Waals surface area contributed by atoms with Crippen LogP contribution in [0.4, 0.5) is 0 Å². The molecule has 4 aliphatic carbocycles. The lowest BCUT2D eigenvalue weighted by Gasteiger charge is -2.58. The van der Waals surface area contributed by atoms with Gasteiger partial charge in [-0.2, -0.15) is 0 Å². The summed E-state index contributed by atoms with van der Waals surface area (Å²) >= 11 is 0. The number of likely N-dealkylation sites (N-methyl/N-ethyl adjacent to an activating group) is 1. The highest BCUT2D eigenvalue weighted by molar-refractivity contribution is 7.90. The molecule has 0 radical (unpaired) electrons. The SMILES string of the molecule is CN(CCS(C)(=O)=O)CC(O)C12CC3CC(CC(C3)C1)C2. The van der Waals surface area contributed by atoms with Gasteiger partial charge in [0.05, 0.1) is 11.9 Å². The second kappa shape index (κ2) is 5.50. The number of sulfone groups is 1. The zero-order valence-corrected chi connectivity index (χ0v) is 14.1. The fraction of sp³-hybridized carbons (Fsp3) is 1.00. The molecule has 0 heterocycles. The van der Waals surface area contributed by atoms with Gasteiger partial charge in [-0.05, 0) is 68.7 Å². The van der Waals surface area contributed by atoms with E-state index in [0.717, 1.165) is 17.8 Å². The van der Waals surface area contributed by atoms with Crippen LogP contribution in [0.3, 0.4) is 0 Å². The van der Waals surface area contributed by atoms with Crippen molar-refractivity contribution < 1.29 is 13.5 Å². The lowest BCUT2D eigenvalue weighted by atomic mass is 9.48. The van der Waals surface area contributed by atoms with E-state index in [4.69, 9.17) is 0 Å². The fourth-order valence-electron chi connectivity index (χ4n) is 5.49. The summed E-state index contributed by atoms with van der Waals surface area (Å²) < 4.78 is 22.5. The van der Waals surface area contributed by atoms with Crippen LogP contribution in [-0.4, -0.2) is 56.7 Å². The highest BCUT2D eigenvalue weighted by atomic mass is 32.2. The molecule has 4 saturated carbocycles. The second-order valence-electron chi connectivity index (χ2n) is 8.19. The first-order chi connectivity index (χ1) is 9.76. The number of hydrogen-bond donors (Lipinski definition) is 1. The third-order valence-electron chi connectivity index (χ3n) is 6.12. The number of aliphatic hydroxyl groups is 1. The Balaban J connectivity index is 1.59. The third kappa shape index (κ3) is 3.45. The Morgan fingerprint density at radius 1 is 1.14 bits per heavy atom. The van der Waals surface area contributed by atoms with Gasteiger partial charge in [0, 0.05) is 19.3 Å². The molecular formula is C16H29NO3S. The summed E-state index contributed by atoms with van der Waals surface area (Å²) in [7, 11) is -0.998. The van der Waals surface area contributed by atoms with E-state index in [2.05, 4.69) is 0 Å². The standard InChI is InChI=1S/C16H29NO3S/c1-17(3-4-21(2,19)20)11-15(18)16-8-12-5-13(9-16)7-14(6-12)10-16/h12-15,18H,3-11H2,1-2H3. The van der Waals surface area contributed by atoms with Crippen LogP contribution < -0.4 is 0 Å². The number of nitrogens with zero attached hydrogens (tertiary/aromatic N) is 1. The smallest absolute Gasteiger partial charge is 0.148 e. The molecule has 21 heavy (non-hydrogen) atoms. The summed E-state index contributed by atoms with van der Waals surface area (Å²) in [6.45, 7) is 1.13. The summed E-state index contributed by atoms with van der Waals surface area (Å²) in [6, 6.07) is 0. The summed E-state index contributed by atoms with van der Waals surface area (Å²) in [5.74, 6) is 2.70. The predicted molar refractivity (Wildman–Crippen MR) is 83.8 cm³/mol. The molecule has 0 aromatic heterocycles. The van der Waals surface area contributed by atoms with Crippen LogP contribution in [0.1, 0.15) is 38.5 Å². The van der Waals surface area contributed by atoms with E-state index < -0.39 is 9.84 Å². The summed E-state index contributed by atoms with van der Waals surface area (Å²) in [5.41, 5.74) is 0.133. The quantitative estimate of drug-likeness (QED) is 0.808. The minimum absolute atomic E-state index is 0.133. The Labute approximate surface area is 128 Å². The van der Waals surface area contributed by atoms with Crippen LogP contribution in [0, 0.1) is 23.2 Å². The number of hydrogen-bond acceptors (Lipinski definition) is 4. The molecule has 4 nitrogen and oxygen atoms in total. The van der Waals surface area contributed by atoms with Crippen molar-refractivity contribution in [3.8, 4) is 0 Å². The Morgan fingerprint density at radius 3 is 2.05 bits per heavy atom. The Kier molecular flexibility index (Phi) is 4.13. The van der Waals surface area contributed by atoms with Crippen molar-refractivity contribution in [1.29, 1.82) is 0 Å². The molecular weight excluding hydrogens is 286 g/mol. The van der Waals surface area contributed by atoms with Crippen molar-refractivity contribution in [1.82, 2.24) is 4.90 Å². The van der Waals surface area contributed by atoms with E-state index in [1.165, 1.54) is 44.8 Å². The average Bonchev–Trinajstić information content (AvgIpc) is 2.34. The molecule has 4 bridgehead atoms. The normalized spacial score (nSPS) is 39.9. The van der Waals surface area contributed by atoms with E-state index in [9.17, 15) is 13.5 Å². The van der Waals surface area contributed by atoms with Crippen LogP contribution in [0.5, 0.6) is 0 Å². The Bertz CT molecular complexity index is 452. The van der Waals surface area contributed by atoms with Crippen molar-refractivity contribution in [2.45, 2.75) is 44.6 Å². The maximum absolute atomic E-state index is 11.3. The summed E-state index contributed by atoms with van der Waals surface area (Å²) in [6.07, 6.45) is 8.72. The van der Waals surface area contributed by atoms with Crippen LogP contribution in [0.2, 0.25) is 0 Å². The van der Waals surface area contributed by atoms with Crippen molar-refractivity contribution >= 4 is 9.84 Å². The van der Waals surface area contributed by atoms with Gasteiger partial charge in [0.2, 0.25) is 0 Å². The fourth-order valence-corrected chi connectivity index (χ4v) is 6.13. The minimum Gasteiger partial charge on any atom is -0.391 e. The molecule has 4 fully saturated rings. The highest BCUT2D eigenvalue weighted by Crippen LogP contribution is 2.61. The molecule has 1 unspecified atom stereocenters. The predicted octanol–water partition coefficient (Wildman–Crippen LogP) is 1.54. The molecule has 0 saturated heterocycles. The van der Waals surface area contributed by atoms with Gasteiger partial charge in [0.25, 0.3) is 0 Å². The van der Waals surface area contributed by atoms with Crippen molar-refractivity contribution in [3.63, 3.8) is 0 Å². The largest absolute Gasteiger partial charge is 0.391 e. The molecule has 4 aliphatic rings. The average molecular weight is 315 g/mol. The van der Waals surface area contributed by atoms with Gasteiger partial charge in [0.15, 0.2) is 0 Å². The van der Waals surface area contributed by atoms with Crippen LogP contribution in [0.25, 0.3) is 0 Å². The Morgan fingerprint density at radius 2 is 1.62 bits per heavy atom. The maximum Gasteiger partial charge on any atom is 0.148 e. The van der Waals surface area contributed by atoms with Crippen LogP contribution in [0.15, 0.2) is 0 Å². The van der Waals surface area contributed by atoms with Gasteiger partial charge >= 0.3 is 0 Å². The van der Waals surface area contributed by atoms with E-state index in [1.807, 2.05) is 11.9 Å². The monoisotopic (exact) mass is 315 g/mol. The van der Waals surface area contributed by atoms with E-state index >= 15 is 0 Å². The first kappa shape index (κ1) is 15.8. The Hall–Kier alpha value is -0.130. The second-order valence-corrected chi connectivity index (χ2v) is 10.4. The summed E-state index contributed by atoms with van der Waals surface area (Å²) in [4.78, 5) is 1.99. The lowest BCUT2D eigenvalue weighted by Crippen LogP contribution is -2.54. The van der Waals surface area contributed by atoms with Gasteiger partial charge in [-0.1, -0.05) is 0 Å². The highest BCUT2D eigenvalue weighted by Gasteiger charge is 2.53. The molecule has 0 spiro atoms. The zero-order chi connectivity index (χ0) is 15.3. The molecule has 0 aliphatic heterocycles. The first-order valence-corrected chi connectivity index (χ1v) is 10.4. The van der Waals surface area contributed by atoms with Crippen molar-refractivity contribution in [2.24, 2.45) is 23.2 Å². The molecule has 0 amide bonds. The van der Waals surface area contributed by atoms with Crippen molar-refractivity contribution in [3.05, 3.63) is 0 Å². The van der Waals surface area contributed by atoms with Crippen LogP contribution >= 0.6 is 0 Å². The lowest BCUT2D eigenvalue weighted by molar-refractivity contribution is -0.125. The molecule has 0 aromatic rings. The topological polar surface area (TPSA) is 57.6 Å². The van der Waals surface area contributed by atoms with Gasteiger partial charge in [-0.25, -0.2) is 8.42 Å². The zero-order valence-electron chi connectivity index (χ0n) is 13.3. The molecule has 1 N–H and O–H groups in total. The molecule has 4 rings (SSSR count). The molecule has 1 atom stereocenters. The first-order valence-electron chi connectivity index (χ1n) is 8.30. The van der Waals surface area contributed by atoms with Gasteiger partial charge < -0.3 is 10.0 Å². The van der Waals surface area contributed by atoms with Gasteiger partial charge in [-0.3, -0.25) is 0 Å². The summed E-state index contributed by atoms with van der Waals surface area (Å²) in [5, 5.41) is 10.8. The maximum atomic E-state index is 11.3. The molecule has 122 valence electrons. The minimum atomic E-state index is -2.92. The number of aliphatic hydroxyl groups excluding tert-OH is 1. The van der Waals surface area contributed by atoms with Crippen molar-refractivity contribution in [2.75, 3.05) is 32.1 Å².